The number of hydrogen-bond acceptors (Lipinski definition) is 15. The third kappa shape index (κ3) is 15.7. The van der Waals surface area contributed by atoms with Crippen LogP contribution in [0, 0.1) is 65.2 Å². The van der Waals surface area contributed by atoms with Gasteiger partial charge in [0.1, 0.15) is 0 Å². The number of aliphatic hydroxyl groups is 1. The number of ether oxygens (including phenoxy) is 2. The van der Waals surface area contributed by atoms with Gasteiger partial charge < -0.3 is 29.3 Å². The predicted molar refractivity (Wildman–Crippen MR) is 369 cm³/mol. The smallest absolute Gasteiger partial charge is 0.255 e. The van der Waals surface area contributed by atoms with Gasteiger partial charge >= 0.3 is 0 Å². The van der Waals surface area contributed by atoms with Gasteiger partial charge in [0.15, 0.2) is 17.5 Å². The number of amides is 3. The molecule has 18 nitrogen and oxygen atoms in total. The van der Waals surface area contributed by atoms with Crippen molar-refractivity contribution in [3.05, 3.63) is 221 Å². The van der Waals surface area contributed by atoms with Crippen LogP contribution in [0.25, 0.3) is 34.2 Å². The summed E-state index contributed by atoms with van der Waals surface area (Å²) in [6, 6.07) is 35.4. The third-order valence-corrected chi connectivity index (χ3v) is 20.0. The summed E-state index contributed by atoms with van der Waals surface area (Å²) in [5, 5.41) is 9.70. The highest BCUT2D eigenvalue weighted by molar-refractivity contribution is 6.02. The molecule has 97 heavy (non-hydrogen) atoms. The van der Waals surface area contributed by atoms with E-state index in [4.69, 9.17) is 9.47 Å². The number of aliphatic hydroxyl groups excluding tert-OH is 1. The number of piperidine rings is 3. The van der Waals surface area contributed by atoms with Crippen LogP contribution < -0.4 is 9.47 Å². The van der Waals surface area contributed by atoms with E-state index in [0.29, 0.717) is 89.1 Å². The highest BCUT2D eigenvalue weighted by Gasteiger charge is 2.48. The Bertz CT molecular complexity index is 3940. The fourth-order valence-corrected chi connectivity index (χ4v) is 15.1. The molecule has 9 atom stereocenters. The number of aryl methyl sites for hydroxylation is 6. The van der Waals surface area contributed by atoms with Crippen molar-refractivity contribution in [2.24, 2.45) is 17.8 Å². The fraction of sp³-hybridized carbons (Fsp3) is 0.385. The molecule has 6 aliphatic heterocycles. The molecule has 6 aliphatic rings. The molecule has 9 unspecified atom stereocenters. The summed E-state index contributed by atoms with van der Waals surface area (Å²) in [5.41, 5.74) is 10.8. The molecule has 0 radical (unpaired) electrons. The van der Waals surface area contributed by atoms with Crippen molar-refractivity contribution >= 4 is 17.7 Å². The predicted octanol–water partition coefficient (Wildman–Crippen LogP) is 13.6. The average Bonchev–Trinajstić information content (AvgIpc) is 1.69. The van der Waals surface area contributed by atoms with Crippen LogP contribution in [-0.4, -0.2) is 138 Å². The molecule has 19 heteroatoms. The second-order valence-electron chi connectivity index (χ2n) is 26.7. The largest absolute Gasteiger partial charge is 0.477 e. The van der Waals surface area contributed by atoms with E-state index in [1.807, 2.05) is 138 Å². The molecular weight excluding hydrogens is 1220 g/mol. The van der Waals surface area contributed by atoms with Crippen molar-refractivity contribution in [3.63, 3.8) is 0 Å². The first-order chi connectivity index (χ1) is 47.2. The van der Waals surface area contributed by atoms with Crippen molar-refractivity contribution in [2.75, 3.05) is 19.8 Å². The van der Waals surface area contributed by atoms with Gasteiger partial charge in [0.25, 0.3) is 17.7 Å². The maximum absolute atomic E-state index is 13.9. The van der Waals surface area contributed by atoms with E-state index >= 15 is 0 Å². The summed E-state index contributed by atoms with van der Waals surface area (Å²) in [6.07, 6.45) is 27.8. The molecule has 500 valence electrons. The summed E-state index contributed by atoms with van der Waals surface area (Å²) in [4.78, 5) is 85.9. The molecule has 15 rings (SSSR count). The third-order valence-electron chi connectivity index (χ3n) is 20.0. The zero-order chi connectivity index (χ0) is 67.5. The first-order valence-electron chi connectivity index (χ1n) is 34.1. The molecule has 0 spiro atoms. The Morgan fingerprint density at radius 1 is 0.392 bits per heavy atom. The molecular formula is C78H85FN12O6. The standard InChI is InChI=1S/2C26H28N4O2.C20H23N3O2.C6H6FN/c2*1-17-4-9-21(25-27-12-3-13-28-25)22(14-17)26(31)30-20-7-6-19(23(30)10-8-20)16-32-24-11-5-18(2)15-29-24;1-13-3-7-16(19-21-9-2-10-22-19)17(11-13)20(25)23-15-5-4-14(12-24)18(23)8-6-15;1-5-2-3-6(7)8-4-5/h2*3-5,9,11-15,19-20,23H,6-8,10,16H2,1-2H3;2-3,7,9-11,14-15,18,24H,4-6,8,12H2,1H3;2-4H,1H3. The van der Waals surface area contributed by atoms with Gasteiger partial charge in [0.05, 0.1) is 29.9 Å². The number of fused-ring (bicyclic) bond motifs is 6. The van der Waals surface area contributed by atoms with Gasteiger partial charge in [-0.15, -0.1) is 0 Å². The van der Waals surface area contributed by atoms with Crippen LogP contribution in [0.5, 0.6) is 11.8 Å². The zero-order valence-electron chi connectivity index (χ0n) is 56.1. The Morgan fingerprint density at radius 3 is 1.01 bits per heavy atom. The van der Waals surface area contributed by atoms with Crippen molar-refractivity contribution < 1.29 is 33.4 Å². The first kappa shape index (κ1) is 67.2. The number of aromatic nitrogens is 9. The SMILES string of the molecule is Cc1ccc(-c2ncccn2)c(C(=O)N2C3CCC(CO)C2CC3)c1.Cc1ccc(F)nc1.Cc1ccc(OCC2CCC3CCC2N3C(=O)c2cc(C)ccc2-c2ncccn2)nc1.Cc1ccc(OCC2CCC3CCC2N3C(=O)c2cc(C)ccc2-c2ncccn2)nc1. The molecule has 6 fully saturated rings. The first-order valence-corrected chi connectivity index (χ1v) is 34.1. The van der Waals surface area contributed by atoms with Crippen LogP contribution in [0.3, 0.4) is 0 Å². The van der Waals surface area contributed by atoms with Crippen LogP contribution in [0.1, 0.15) is 142 Å². The van der Waals surface area contributed by atoms with E-state index in [0.717, 1.165) is 127 Å². The van der Waals surface area contributed by atoms with Crippen molar-refractivity contribution in [1.82, 2.24) is 59.6 Å². The number of pyridine rings is 3. The summed E-state index contributed by atoms with van der Waals surface area (Å²) in [6.45, 7) is 13.2. The van der Waals surface area contributed by atoms with Crippen LogP contribution in [0.2, 0.25) is 0 Å². The molecule has 6 aromatic heterocycles. The molecule has 0 aliphatic carbocycles. The van der Waals surface area contributed by atoms with Gasteiger partial charge in [-0.2, -0.15) is 4.39 Å². The van der Waals surface area contributed by atoms with E-state index in [1.165, 1.54) is 12.3 Å². The summed E-state index contributed by atoms with van der Waals surface area (Å²) in [5.74, 6) is 3.67. The molecule has 0 saturated carbocycles. The van der Waals surface area contributed by atoms with Crippen LogP contribution >= 0.6 is 0 Å². The molecule has 3 amide bonds. The van der Waals surface area contributed by atoms with Gasteiger partial charge in [-0.25, -0.2) is 44.9 Å². The maximum atomic E-state index is 13.9. The second kappa shape index (κ2) is 31.0. The minimum Gasteiger partial charge on any atom is -0.477 e. The fourth-order valence-electron chi connectivity index (χ4n) is 15.1. The number of benzene rings is 3. The maximum Gasteiger partial charge on any atom is 0.255 e. The Balaban J connectivity index is 0.000000132. The highest BCUT2D eigenvalue weighted by atomic mass is 19.1. The summed E-state index contributed by atoms with van der Waals surface area (Å²) in [7, 11) is 0. The minimum atomic E-state index is -0.421. The van der Waals surface area contributed by atoms with E-state index in [2.05, 4.69) is 54.7 Å². The Hall–Kier alpha value is -9.75. The topological polar surface area (TPSA) is 216 Å². The lowest BCUT2D eigenvalue weighted by atomic mass is 9.89. The number of halogens is 1. The molecule has 3 aromatic carbocycles. The van der Waals surface area contributed by atoms with E-state index < -0.39 is 5.95 Å². The number of carbonyl (C=O) groups excluding carboxylic acids is 3. The monoisotopic (exact) mass is 1300 g/mol. The number of carbonyl (C=O) groups is 3. The van der Waals surface area contributed by atoms with E-state index in [1.54, 1.807) is 61.4 Å². The molecule has 6 saturated heterocycles. The minimum absolute atomic E-state index is 0.0526. The second-order valence-corrected chi connectivity index (χ2v) is 26.7. The van der Waals surface area contributed by atoms with Crippen LogP contribution in [0.15, 0.2) is 165 Å². The zero-order valence-corrected chi connectivity index (χ0v) is 56.1. The van der Waals surface area contributed by atoms with Crippen LogP contribution in [0.4, 0.5) is 4.39 Å². The normalized spacial score (nSPS) is 21.8. The van der Waals surface area contributed by atoms with E-state index in [-0.39, 0.29) is 48.4 Å². The van der Waals surface area contributed by atoms with Crippen molar-refractivity contribution in [2.45, 2.75) is 155 Å². The van der Waals surface area contributed by atoms with Crippen molar-refractivity contribution in [3.8, 4) is 45.9 Å². The van der Waals surface area contributed by atoms with Gasteiger partial charge in [0, 0.05) is 145 Å². The molecule has 9 aromatic rings. The molecule has 1 N–H and O–H groups in total. The van der Waals surface area contributed by atoms with E-state index in [9.17, 15) is 23.9 Å². The lowest BCUT2D eigenvalue weighted by molar-refractivity contribution is 0.0380. The van der Waals surface area contributed by atoms with Gasteiger partial charge in [-0.3, -0.25) is 14.4 Å². The molecule has 12 heterocycles. The van der Waals surface area contributed by atoms with Gasteiger partial charge in [0.2, 0.25) is 17.7 Å². The Morgan fingerprint density at radius 2 is 0.701 bits per heavy atom. The van der Waals surface area contributed by atoms with Crippen LogP contribution in [-0.2, 0) is 0 Å². The highest BCUT2D eigenvalue weighted by Crippen LogP contribution is 2.44. The number of nitrogens with zero attached hydrogens (tertiary/aromatic N) is 12. The Labute approximate surface area is 567 Å². The molecule has 6 bridgehead atoms. The number of hydrogen-bond donors (Lipinski definition) is 1. The lowest BCUT2D eigenvalue weighted by Crippen LogP contribution is -2.49. The summed E-state index contributed by atoms with van der Waals surface area (Å²) < 4.78 is 24.0. The average molecular weight is 1310 g/mol. The van der Waals surface area contributed by atoms with Gasteiger partial charge in [-0.05, 0) is 178 Å². The summed E-state index contributed by atoms with van der Waals surface area (Å²) >= 11 is 0. The Kier molecular flexibility index (Phi) is 21.5. The van der Waals surface area contributed by atoms with Gasteiger partial charge in [-0.1, -0.05) is 71.3 Å². The van der Waals surface area contributed by atoms with Crippen molar-refractivity contribution in [1.29, 1.82) is 0 Å². The quantitative estimate of drug-likeness (QED) is 0.106. The lowest BCUT2D eigenvalue weighted by Gasteiger charge is -2.40. The number of rotatable bonds is 13.